The summed E-state index contributed by atoms with van der Waals surface area (Å²) >= 11 is 1.29. The van der Waals surface area contributed by atoms with Gasteiger partial charge in [-0.1, -0.05) is 60.3 Å². The molecule has 17 nitrogen and oxygen atoms in total. The van der Waals surface area contributed by atoms with Crippen LogP contribution >= 0.6 is 11.8 Å². The molecule has 0 unspecified atom stereocenters. The fourth-order valence-corrected chi connectivity index (χ4v) is 11.3. The number of benzene rings is 6. The number of carbonyl (C=O) groups is 8. The van der Waals surface area contributed by atoms with Crippen molar-refractivity contribution in [2.24, 2.45) is 0 Å². The Morgan fingerprint density at radius 3 is 0.966 bits per heavy atom. The van der Waals surface area contributed by atoms with E-state index >= 15 is 0 Å². The molecule has 4 saturated carbocycles. The predicted octanol–water partition coefficient (Wildman–Crippen LogP) is 11.3. The topological polar surface area (TPSA) is 242 Å². The Labute approximate surface area is 519 Å². The van der Waals surface area contributed by atoms with Crippen molar-refractivity contribution in [3.8, 4) is 5.75 Å². The van der Waals surface area contributed by atoms with Crippen molar-refractivity contribution in [1.29, 1.82) is 0 Å². The summed E-state index contributed by atoms with van der Waals surface area (Å²) in [5.74, 6) is -3.50. The molecular weight excluding hydrogens is 1170 g/mol. The van der Waals surface area contributed by atoms with Gasteiger partial charge in [-0.15, -0.1) is 0 Å². The highest BCUT2D eigenvalue weighted by molar-refractivity contribution is 8.13. The number of halogens is 4. The van der Waals surface area contributed by atoms with E-state index in [0.29, 0.717) is 47.1 Å². The van der Waals surface area contributed by atoms with Crippen LogP contribution in [0, 0.1) is 23.3 Å². The molecule has 4 amide bonds. The Morgan fingerprint density at radius 2 is 0.697 bits per heavy atom. The van der Waals surface area contributed by atoms with Crippen LogP contribution < -0.4 is 47.3 Å². The van der Waals surface area contributed by atoms with Crippen LogP contribution in [0.15, 0.2) is 133 Å². The van der Waals surface area contributed by atoms with E-state index < -0.39 is 69.1 Å². The van der Waals surface area contributed by atoms with Gasteiger partial charge in [-0.3, -0.25) is 33.6 Å². The number of ketones is 2. The molecule has 4 fully saturated rings. The molecule has 0 saturated heterocycles. The molecule has 8 N–H and O–H groups in total. The molecule has 10 rings (SSSR count). The van der Waals surface area contributed by atoms with Gasteiger partial charge in [0.15, 0.2) is 11.6 Å². The fourth-order valence-electron chi connectivity index (χ4n) is 10.3. The van der Waals surface area contributed by atoms with Crippen LogP contribution in [0.2, 0.25) is 0 Å². The Bertz CT molecular complexity index is 3470. The standard InChI is InChI=1S/C20H21FN2O2S.C19H19FN2O3.2C14H17FN2O2/c1-22-18(24)16-9-8-15(12-17(16)21)23-20(10-5-11-20)19(25)26-13-14-6-3-2-4-7-14;1-21-17(23)15-9-8-13(12-16(15)20)22-19(10-5-11-19)18(24)25-14-6-3-2-4-7-14;2*1-9(18)14(6-3-7-14)17-10-4-5-11(12(15)8-10)13(19)16-2/h2-4,6-9,12,23H,5,10-11,13H2,1H3,(H,22,24);2-4,6-9,12,22H,5,10-11H2,1H3,(H,21,23);2*4-5,8,17H,3,6-7H2,1-2H3,(H,16,19). The molecular formula is C67H74F4N8O9S. The smallest absolute Gasteiger partial charge is 0.337 e. The molecule has 22 heteroatoms. The third-order valence-electron chi connectivity index (χ3n) is 16.4. The average Bonchev–Trinajstić information content (AvgIpc) is 1.54. The number of nitrogens with one attached hydrogen (secondary N) is 8. The van der Waals surface area contributed by atoms with E-state index in [1.165, 1.54) is 88.5 Å². The fraction of sp³-hybridized carbons (Fsp3) is 0.343. The first-order valence-corrected chi connectivity index (χ1v) is 30.2. The molecule has 0 heterocycles. The number of amides is 4. The zero-order valence-corrected chi connectivity index (χ0v) is 51.3. The summed E-state index contributed by atoms with van der Waals surface area (Å²) in [6.45, 7) is 3.09. The van der Waals surface area contributed by atoms with Crippen LogP contribution in [-0.2, 0) is 24.9 Å². The molecule has 0 radical (unpaired) electrons. The van der Waals surface area contributed by atoms with E-state index in [9.17, 15) is 55.9 Å². The lowest BCUT2D eigenvalue weighted by molar-refractivity contribution is -0.142. The number of para-hydroxylation sites is 1. The van der Waals surface area contributed by atoms with Crippen LogP contribution in [0.1, 0.15) is 138 Å². The normalized spacial score (nSPS) is 15.6. The third-order valence-corrected chi connectivity index (χ3v) is 17.6. The Hall–Kier alpha value is -9.05. The maximum absolute atomic E-state index is 14.2. The van der Waals surface area contributed by atoms with Gasteiger partial charge in [-0.05, 0) is 181 Å². The molecule has 0 atom stereocenters. The summed E-state index contributed by atoms with van der Waals surface area (Å²) in [4.78, 5) is 94.6. The van der Waals surface area contributed by atoms with E-state index in [2.05, 4.69) is 42.5 Å². The van der Waals surface area contributed by atoms with Gasteiger partial charge < -0.3 is 47.3 Å². The number of hydrogen-bond donors (Lipinski definition) is 8. The quantitative estimate of drug-likeness (QED) is 0.0214. The van der Waals surface area contributed by atoms with Crippen LogP contribution in [-0.4, -0.2) is 96.6 Å². The average molecular weight is 1240 g/mol. The van der Waals surface area contributed by atoms with Crippen molar-refractivity contribution in [3.05, 3.63) is 185 Å². The number of anilines is 4. The highest BCUT2D eigenvalue weighted by Gasteiger charge is 2.47. The van der Waals surface area contributed by atoms with Crippen molar-refractivity contribution in [1.82, 2.24) is 21.3 Å². The second-order valence-electron chi connectivity index (χ2n) is 22.2. The van der Waals surface area contributed by atoms with E-state index in [1.54, 1.807) is 62.4 Å². The lowest BCUT2D eigenvalue weighted by Gasteiger charge is -2.41. The summed E-state index contributed by atoms with van der Waals surface area (Å²) in [5, 5.41) is 22.1. The summed E-state index contributed by atoms with van der Waals surface area (Å²) < 4.78 is 61.3. The molecule has 0 aromatic heterocycles. The number of ether oxygens (including phenoxy) is 1. The molecule has 89 heavy (non-hydrogen) atoms. The highest BCUT2D eigenvalue weighted by atomic mass is 32.2. The number of hydrogen-bond acceptors (Lipinski definition) is 14. The summed E-state index contributed by atoms with van der Waals surface area (Å²) in [5.41, 5.74) is 0.434. The lowest BCUT2D eigenvalue weighted by atomic mass is 9.74. The van der Waals surface area contributed by atoms with Gasteiger partial charge in [0.25, 0.3) is 23.6 Å². The van der Waals surface area contributed by atoms with Gasteiger partial charge >= 0.3 is 5.97 Å². The second-order valence-corrected chi connectivity index (χ2v) is 23.2. The van der Waals surface area contributed by atoms with E-state index in [1.807, 2.05) is 36.4 Å². The van der Waals surface area contributed by atoms with Crippen molar-refractivity contribution >= 4 is 80.8 Å². The van der Waals surface area contributed by atoms with E-state index in [0.717, 1.165) is 69.8 Å². The molecule has 4 aliphatic carbocycles. The second kappa shape index (κ2) is 30.2. The van der Waals surface area contributed by atoms with Gasteiger partial charge in [-0.25, -0.2) is 22.4 Å². The molecule has 0 aliphatic heterocycles. The Kier molecular flexibility index (Phi) is 22.9. The summed E-state index contributed by atoms with van der Waals surface area (Å²) in [6, 6.07) is 35.8. The number of Topliss-reactive ketones (excluding diaryl/α,β-unsaturated/α-hetero) is 2. The van der Waals surface area contributed by atoms with Crippen molar-refractivity contribution in [3.63, 3.8) is 0 Å². The van der Waals surface area contributed by atoms with Crippen LogP contribution in [0.3, 0.4) is 0 Å². The Balaban J connectivity index is 0.000000171. The minimum Gasteiger partial charge on any atom is -0.425 e. The number of carbonyl (C=O) groups excluding carboxylic acids is 8. The number of thioether (sulfide) groups is 1. The van der Waals surface area contributed by atoms with Gasteiger partial charge in [-0.2, -0.15) is 0 Å². The predicted molar refractivity (Wildman–Crippen MR) is 336 cm³/mol. The molecule has 0 spiro atoms. The van der Waals surface area contributed by atoms with E-state index in [4.69, 9.17) is 4.74 Å². The summed E-state index contributed by atoms with van der Waals surface area (Å²) in [7, 11) is 5.80. The SMILES string of the molecule is CNC(=O)c1ccc(NC2(C(=O)Oc3ccccc3)CCC2)cc1F.CNC(=O)c1ccc(NC2(C(=O)SCc3ccccc3)CCC2)cc1F.CNC(=O)c1ccc(NC2(C(C)=O)CCC2)cc1F.CNC(=O)c1ccc(NC2(C(C)=O)CCC2)cc1F. The van der Waals surface area contributed by atoms with Gasteiger partial charge in [0.1, 0.15) is 40.1 Å². The highest BCUT2D eigenvalue weighted by Crippen LogP contribution is 2.42. The molecule has 6 aromatic carbocycles. The molecule has 0 bridgehead atoms. The maximum atomic E-state index is 14.2. The first-order chi connectivity index (χ1) is 42.5. The number of rotatable bonds is 19. The first-order valence-electron chi connectivity index (χ1n) is 29.2. The van der Waals surface area contributed by atoms with E-state index in [-0.39, 0.29) is 44.9 Å². The largest absolute Gasteiger partial charge is 0.425 e. The first kappa shape index (κ1) is 67.5. The maximum Gasteiger partial charge on any atom is 0.337 e. The zero-order chi connectivity index (χ0) is 64.5. The lowest BCUT2D eigenvalue weighted by Crippen LogP contribution is -2.54. The van der Waals surface area contributed by atoms with Crippen LogP contribution in [0.25, 0.3) is 0 Å². The zero-order valence-electron chi connectivity index (χ0n) is 50.5. The number of esters is 1. The van der Waals surface area contributed by atoms with Gasteiger partial charge in [0.05, 0.1) is 33.3 Å². The Morgan fingerprint density at radius 1 is 0.404 bits per heavy atom. The van der Waals surface area contributed by atoms with Crippen molar-refractivity contribution < 1.29 is 60.7 Å². The van der Waals surface area contributed by atoms with Crippen LogP contribution in [0.4, 0.5) is 40.3 Å². The van der Waals surface area contributed by atoms with Gasteiger partial charge in [0.2, 0.25) is 5.12 Å². The van der Waals surface area contributed by atoms with Crippen LogP contribution in [0.5, 0.6) is 5.75 Å². The minimum absolute atomic E-state index is 0.00136. The molecule has 4 aliphatic rings. The molecule has 470 valence electrons. The van der Waals surface area contributed by atoms with Crippen molar-refractivity contribution in [2.45, 2.75) is 119 Å². The third kappa shape index (κ3) is 16.6. The summed E-state index contributed by atoms with van der Waals surface area (Å²) in [6.07, 6.45) is 9.56. The van der Waals surface area contributed by atoms with Crippen molar-refractivity contribution in [2.75, 3.05) is 49.5 Å². The van der Waals surface area contributed by atoms with Gasteiger partial charge in [0, 0.05) is 56.7 Å². The molecule has 6 aromatic rings. The monoisotopic (exact) mass is 1240 g/mol. The minimum atomic E-state index is -0.864.